The second-order valence-electron chi connectivity index (χ2n) is 8.78. The highest BCUT2D eigenvalue weighted by Crippen LogP contribution is 2.23. The molecule has 0 aromatic heterocycles. The summed E-state index contributed by atoms with van der Waals surface area (Å²) in [6.07, 6.45) is 0.970. The third-order valence-electron chi connectivity index (χ3n) is 4.74. The predicted molar refractivity (Wildman–Crippen MR) is 128 cm³/mol. The zero-order chi connectivity index (χ0) is 25.0. The van der Waals surface area contributed by atoms with E-state index in [1.54, 1.807) is 39.0 Å². The molecule has 2 rings (SSSR count). The average Bonchev–Trinajstić information content (AvgIpc) is 2.68. The fraction of sp³-hybridized carbons (Fsp3) is 0.391. The first-order valence-electron chi connectivity index (χ1n) is 10.3. The largest absolute Gasteiger partial charge is 0.350 e. The number of hydrogen-bond acceptors (Lipinski definition) is 4. The summed E-state index contributed by atoms with van der Waals surface area (Å²) in [5.41, 5.74) is -0.150. The maximum atomic E-state index is 14.4. The second-order valence-corrected chi connectivity index (χ2v) is 11.1. The van der Waals surface area contributed by atoms with Gasteiger partial charge in [-0.15, -0.1) is 0 Å². The predicted octanol–water partition coefficient (Wildman–Crippen LogP) is 3.58. The molecule has 0 aliphatic heterocycles. The Labute approximate surface area is 199 Å². The summed E-state index contributed by atoms with van der Waals surface area (Å²) in [7, 11) is -3.87. The zero-order valence-electron chi connectivity index (χ0n) is 19.3. The van der Waals surface area contributed by atoms with Gasteiger partial charge in [-0.2, -0.15) is 0 Å². The molecule has 0 spiro atoms. The molecule has 0 radical (unpaired) electrons. The number of hydrogen-bond donors (Lipinski definition) is 1. The van der Waals surface area contributed by atoms with Gasteiger partial charge in [-0.1, -0.05) is 35.9 Å². The van der Waals surface area contributed by atoms with Crippen LogP contribution in [0.15, 0.2) is 48.5 Å². The van der Waals surface area contributed by atoms with Gasteiger partial charge in [0, 0.05) is 22.7 Å². The molecule has 0 fully saturated rings. The van der Waals surface area contributed by atoms with Crippen molar-refractivity contribution in [3.63, 3.8) is 0 Å². The number of rotatable bonds is 8. The quantitative estimate of drug-likeness (QED) is 0.604. The van der Waals surface area contributed by atoms with E-state index in [-0.39, 0.29) is 17.8 Å². The van der Waals surface area contributed by atoms with Crippen LogP contribution in [0, 0.1) is 5.82 Å². The van der Waals surface area contributed by atoms with Crippen LogP contribution in [0.2, 0.25) is 5.02 Å². The lowest BCUT2D eigenvalue weighted by Crippen LogP contribution is -2.54. The summed E-state index contributed by atoms with van der Waals surface area (Å²) in [5.74, 6) is -1.64. The molecule has 0 aliphatic carbocycles. The van der Waals surface area contributed by atoms with Crippen molar-refractivity contribution in [2.75, 3.05) is 17.1 Å². The highest BCUT2D eigenvalue weighted by Gasteiger charge is 2.31. The van der Waals surface area contributed by atoms with E-state index in [1.807, 2.05) is 0 Å². The molecule has 7 nitrogen and oxygen atoms in total. The molecule has 2 aromatic carbocycles. The Balaban J connectivity index is 2.42. The van der Waals surface area contributed by atoms with Crippen molar-refractivity contribution in [1.29, 1.82) is 0 Å². The van der Waals surface area contributed by atoms with Crippen molar-refractivity contribution in [1.82, 2.24) is 10.2 Å². The highest BCUT2D eigenvalue weighted by molar-refractivity contribution is 7.92. The first-order valence-corrected chi connectivity index (χ1v) is 12.5. The fourth-order valence-electron chi connectivity index (χ4n) is 3.11. The van der Waals surface area contributed by atoms with E-state index in [0.29, 0.717) is 5.02 Å². The third-order valence-corrected chi connectivity index (χ3v) is 6.12. The Kier molecular flexibility index (Phi) is 8.48. The Bertz CT molecular complexity index is 1120. The summed E-state index contributed by atoms with van der Waals surface area (Å²) in [4.78, 5) is 27.4. The van der Waals surface area contributed by atoms with Gasteiger partial charge in [-0.05, 0) is 52.0 Å². The molecule has 0 heterocycles. The molecule has 0 unspecified atom stereocenters. The summed E-state index contributed by atoms with van der Waals surface area (Å²) in [6.45, 7) is 6.11. The third kappa shape index (κ3) is 7.71. The number of carbonyl (C=O) groups excluding carboxylic acids is 2. The summed E-state index contributed by atoms with van der Waals surface area (Å²) in [5, 5.41) is 3.10. The Hall–Kier alpha value is -2.65. The van der Waals surface area contributed by atoms with Crippen LogP contribution in [0.4, 0.5) is 10.1 Å². The second kappa shape index (κ2) is 10.5. The minimum absolute atomic E-state index is 0.204. The molecule has 0 aliphatic rings. The van der Waals surface area contributed by atoms with Crippen LogP contribution < -0.4 is 9.62 Å². The molecule has 2 aromatic rings. The minimum atomic E-state index is -3.87. The molecular formula is C23H29ClFN3O4S. The van der Waals surface area contributed by atoms with Crippen LogP contribution >= 0.6 is 11.6 Å². The molecule has 33 heavy (non-hydrogen) atoms. The number of amides is 2. The number of benzene rings is 2. The van der Waals surface area contributed by atoms with Crippen LogP contribution in [0.25, 0.3) is 0 Å². The standard InChI is InChI=1S/C23H29ClFN3O4S/c1-16(22(30)26-23(2,3)4)27(14-17-9-6-7-12-20(17)25)21(29)15-28(33(5,31)32)19-11-8-10-18(24)13-19/h6-13,16H,14-15H2,1-5H3,(H,26,30)/t16-/m0/s1. The highest BCUT2D eigenvalue weighted by atomic mass is 35.5. The van der Waals surface area contributed by atoms with Crippen molar-refractivity contribution in [3.05, 3.63) is 64.9 Å². The van der Waals surface area contributed by atoms with Gasteiger partial charge in [0.2, 0.25) is 21.8 Å². The lowest BCUT2D eigenvalue weighted by molar-refractivity contribution is -0.140. The van der Waals surface area contributed by atoms with Gasteiger partial charge in [0.15, 0.2) is 0 Å². The van der Waals surface area contributed by atoms with E-state index < -0.39 is 45.8 Å². The zero-order valence-corrected chi connectivity index (χ0v) is 20.9. The van der Waals surface area contributed by atoms with Crippen molar-refractivity contribution in [2.45, 2.75) is 45.8 Å². The van der Waals surface area contributed by atoms with Gasteiger partial charge in [0.05, 0.1) is 11.9 Å². The maximum absolute atomic E-state index is 14.4. The van der Waals surface area contributed by atoms with Gasteiger partial charge in [-0.25, -0.2) is 12.8 Å². The summed E-state index contributed by atoms with van der Waals surface area (Å²) < 4.78 is 40.2. The van der Waals surface area contributed by atoms with E-state index in [2.05, 4.69) is 5.32 Å². The van der Waals surface area contributed by atoms with Crippen LogP contribution in [-0.4, -0.2) is 49.5 Å². The van der Waals surface area contributed by atoms with Gasteiger partial charge >= 0.3 is 0 Å². The molecule has 2 amide bonds. The topological polar surface area (TPSA) is 86.8 Å². The van der Waals surface area contributed by atoms with Crippen LogP contribution in [0.5, 0.6) is 0 Å². The summed E-state index contributed by atoms with van der Waals surface area (Å²) in [6, 6.07) is 11.0. The lowest BCUT2D eigenvalue weighted by atomic mass is 10.1. The average molecular weight is 498 g/mol. The number of sulfonamides is 1. The number of halogens is 2. The van der Waals surface area contributed by atoms with Crippen molar-refractivity contribution < 1.29 is 22.4 Å². The van der Waals surface area contributed by atoms with E-state index in [4.69, 9.17) is 11.6 Å². The number of carbonyl (C=O) groups is 2. The van der Waals surface area contributed by atoms with Crippen molar-refractivity contribution >= 4 is 39.1 Å². The van der Waals surface area contributed by atoms with E-state index in [1.165, 1.54) is 42.2 Å². The molecular weight excluding hydrogens is 469 g/mol. The lowest BCUT2D eigenvalue weighted by Gasteiger charge is -2.33. The van der Waals surface area contributed by atoms with Gasteiger partial charge in [0.1, 0.15) is 18.4 Å². The van der Waals surface area contributed by atoms with Crippen LogP contribution in [0.3, 0.4) is 0 Å². The molecule has 0 saturated carbocycles. The molecule has 0 bridgehead atoms. The number of anilines is 1. The smallest absolute Gasteiger partial charge is 0.244 e. The number of nitrogens with one attached hydrogen (secondary N) is 1. The SMILES string of the molecule is C[C@@H](C(=O)NC(C)(C)C)N(Cc1ccccc1F)C(=O)CN(c1cccc(Cl)c1)S(C)(=O)=O. The Morgan fingerprint density at radius 1 is 1.12 bits per heavy atom. The van der Waals surface area contributed by atoms with Crippen molar-refractivity contribution in [2.24, 2.45) is 0 Å². The number of nitrogens with zero attached hydrogens (tertiary/aromatic N) is 2. The molecule has 10 heteroatoms. The first kappa shape index (κ1) is 26.6. The van der Waals surface area contributed by atoms with Crippen LogP contribution in [-0.2, 0) is 26.2 Å². The molecule has 0 saturated heterocycles. The Morgan fingerprint density at radius 2 is 1.76 bits per heavy atom. The van der Waals surface area contributed by atoms with Gasteiger partial charge < -0.3 is 10.2 Å². The van der Waals surface area contributed by atoms with Gasteiger partial charge in [-0.3, -0.25) is 13.9 Å². The summed E-state index contributed by atoms with van der Waals surface area (Å²) >= 11 is 6.00. The maximum Gasteiger partial charge on any atom is 0.244 e. The van der Waals surface area contributed by atoms with Crippen molar-refractivity contribution in [3.8, 4) is 0 Å². The fourth-order valence-corrected chi connectivity index (χ4v) is 4.14. The first-order chi connectivity index (χ1) is 15.2. The van der Waals surface area contributed by atoms with E-state index in [0.717, 1.165) is 10.6 Å². The van der Waals surface area contributed by atoms with E-state index in [9.17, 15) is 22.4 Å². The van der Waals surface area contributed by atoms with Crippen LogP contribution in [0.1, 0.15) is 33.3 Å². The van der Waals surface area contributed by atoms with Gasteiger partial charge in [0.25, 0.3) is 0 Å². The molecule has 180 valence electrons. The molecule has 1 N–H and O–H groups in total. The minimum Gasteiger partial charge on any atom is -0.350 e. The van der Waals surface area contributed by atoms with E-state index >= 15 is 0 Å². The molecule has 1 atom stereocenters. The monoisotopic (exact) mass is 497 g/mol. The normalized spacial score (nSPS) is 12.7. The Morgan fingerprint density at radius 3 is 2.30 bits per heavy atom.